The van der Waals surface area contributed by atoms with E-state index in [9.17, 15) is 0 Å². The first-order valence-corrected chi connectivity index (χ1v) is 8.06. The smallest absolute Gasteiger partial charge is 0.120 e. The molecule has 1 aromatic rings. The Hall–Kier alpha value is -1.24. The van der Waals surface area contributed by atoms with E-state index in [-0.39, 0.29) is 0 Å². The van der Waals surface area contributed by atoms with Gasteiger partial charge in [0.2, 0.25) is 0 Å². The molecule has 1 atom stereocenters. The third-order valence-corrected chi connectivity index (χ3v) is 3.61. The molecule has 112 valence electrons. The maximum Gasteiger partial charge on any atom is 0.120 e. The fourth-order valence-corrected chi connectivity index (χ4v) is 2.47. The Morgan fingerprint density at radius 1 is 1.10 bits per heavy atom. The van der Waals surface area contributed by atoms with E-state index in [2.05, 4.69) is 45.5 Å². The van der Waals surface area contributed by atoms with Crippen molar-refractivity contribution in [3.8, 4) is 5.75 Å². The minimum Gasteiger partial charge on any atom is -0.491 e. The van der Waals surface area contributed by atoms with Crippen molar-refractivity contribution >= 4 is 6.08 Å². The van der Waals surface area contributed by atoms with Crippen molar-refractivity contribution in [2.75, 3.05) is 0 Å². The first-order chi connectivity index (χ1) is 9.65. The molecule has 0 aliphatic heterocycles. The highest BCUT2D eigenvalue weighted by atomic mass is 16.5. The van der Waals surface area contributed by atoms with Gasteiger partial charge in [-0.15, -0.1) is 0 Å². The van der Waals surface area contributed by atoms with Crippen molar-refractivity contribution in [3.63, 3.8) is 0 Å². The molecule has 0 amide bonds. The van der Waals surface area contributed by atoms with Crippen LogP contribution in [0.15, 0.2) is 24.8 Å². The van der Waals surface area contributed by atoms with E-state index in [0.29, 0.717) is 6.10 Å². The molecule has 0 spiro atoms. The number of rotatable bonds is 10. The summed E-state index contributed by atoms with van der Waals surface area (Å²) in [6, 6.07) is 6.29. The Kier molecular flexibility index (Phi) is 8.10. The summed E-state index contributed by atoms with van der Waals surface area (Å²) in [4.78, 5) is 0. The van der Waals surface area contributed by atoms with Crippen molar-refractivity contribution < 1.29 is 4.74 Å². The predicted molar refractivity (Wildman–Crippen MR) is 89.4 cm³/mol. The van der Waals surface area contributed by atoms with Crippen molar-refractivity contribution in [2.45, 2.75) is 71.8 Å². The summed E-state index contributed by atoms with van der Waals surface area (Å²) in [5, 5.41) is 0. The highest BCUT2D eigenvalue weighted by Gasteiger charge is 2.05. The van der Waals surface area contributed by atoms with Crippen LogP contribution in [0.2, 0.25) is 0 Å². The zero-order valence-corrected chi connectivity index (χ0v) is 13.5. The SMILES string of the molecule is C=Cc1cc(C)cc(OC(C)CCCCCCCC)c1. The summed E-state index contributed by atoms with van der Waals surface area (Å²) in [6.07, 6.45) is 11.4. The number of hydrogen-bond acceptors (Lipinski definition) is 1. The molecular weight excluding hydrogens is 244 g/mol. The monoisotopic (exact) mass is 274 g/mol. The average molecular weight is 274 g/mol. The van der Waals surface area contributed by atoms with Crippen LogP contribution in [0.3, 0.4) is 0 Å². The molecule has 0 aliphatic rings. The molecule has 0 fully saturated rings. The van der Waals surface area contributed by atoms with Crippen LogP contribution in [-0.4, -0.2) is 6.10 Å². The highest BCUT2D eigenvalue weighted by molar-refractivity contribution is 5.51. The van der Waals surface area contributed by atoms with E-state index < -0.39 is 0 Å². The molecule has 0 heterocycles. The molecule has 0 saturated carbocycles. The highest BCUT2D eigenvalue weighted by Crippen LogP contribution is 2.20. The van der Waals surface area contributed by atoms with E-state index in [1.54, 1.807) is 0 Å². The van der Waals surface area contributed by atoms with E-state index >= 15 is 0 Å². The lowest BCUT2D eigenvalue weighted by atomic mass is 10.1. The van der Waals surface area contributed by atoms with Gasteiger partial charge in [0.1, 0.15) is 5.75 Å². The topological polar surface area (TPSA) is 9.23 Å². The first kappa shape index (κ1) is 16.8. The van der Waals surface area contributed by atoms with Crippen LogP contribution in [0, 0.1) is 6.92 Å². The van der Waals surface area contributed by atoms with Crippen molar-refractivity contribution in [2.24, 2.45) is 0 Å². The van der Waals surface area contributed by atoms with Crippen molar-refractivity contribution in [1.29, 1.82) is 0 Å². The van der Waals surface area contributed by atoms with Gasteiger partial charge in [0.15, 0.2) is 0 Å². The zero-order chi connectivity index (χ0) is 14.8. The van der Waals surface area contributed by atoms with Crippen molar-refractivity contribution in [1.82, 2.24) is 0 Å². The van der Waals surface area contributed by atoms with Crippen molar-refractivity contribution in [3.05, 3.63) is 35.9 Å². The van der Waals surface area contributed by atoms with Gasteiger partial charge in [0.05, 0.1) is 6.10 Å². The van der Waals surface area contributed by atoms with Crippen LogP contribution in [0.5, 0.6) is 5.75 Å². The zero-order valence-electron chi connectivity index (χ0n) is 13.5. The number of benzene rings is 1. The standard InChI is InChI=1S/C19H30O/c1-5-7-8-9-10-11-12-17(4)20-19-14-16(3)13-18(6-2)15-19/h6,13-15,17H,2,5,7-12H2,1,3-4H3. The fourth-order valence-electron chi connectivity index (χ4n) is 2.47. The van der Waals surface area contributed by atoms with Crippen LogP contribution in [0.4, 0.5) is 0 Å². The van der Waals surface area contributed by atoms with E-state index in [1.165, 1.54) is 44.1 Å². The summed E-state index contributed by atoms with van der Waals surface area (Å²) < 4.78 is 6.02. The molecule has 1 heteroatoms. The summed E-state index contributed by atoms with van der Waals surface area (Å²) in [5.74, 6) is 0.971. The molecular formula is C19H30O. The molecule has 1 aromatic carbocycles. The number of unbranched alkanes of at least 4 members (excludes halogenated alkanes) is 5. The van der Waals surface area contributed by atoms with Gasteiger partial charge < -0.3 is 4.74 Å². The van der Waals surface area contributed by atoms with Crippen LogP contribution in [-0.2, 0) is 0 Å². The second-order valence-electron chi connectivity index (χ2n) is 5.77. The summed E-state index contributed by atoms with van der Waals surface area (Å²) in [5.41, 5.74) is 2.36. The van der Waals surface area contributed by atoms with E-state index in [4.69, 9.17) is 4.74 Å². The lowest BCUT2D eigenvalue weighted by molar-refractivity contribution is 0.206. The minimum atomic E-state index is 0.292. The molecule has 0 radical (unpaired) electrons. The molecule has 1 unspecified atom stereocenters. The number of ether oxygens (including phenoxy) is 1. The van der Waals surface area contributed by atoms with E-state index in [1.807, 2.05) is 6.08 Å². The molecule has 0 aliphatic carbocycles. The summed E-state index contributed by atoms with van der Waals surface area (Å²) in [7, 11) is 0. The van der Waals surface area contributed by atoms with Gasteiger partial charge in [-0.05, 0) is 49.9 Å². The Morgan fingerprint density at radius 3 is 2.50 bits per heavy atom. The largest absolute Gasteiger partial charge is 0.491 e. The molecule has 0 aromatic heterocycles. The molecule has 0 saturated heterocycles. The van der Waals surface area contributed by atoms with Gasteiger partial charge >= 0.3 is 0 Å². The maximum atomic E-state index is 6.02. The maximum absolute atomic E-state index is 6.02. The summed E-state index contributed by atoms with van der Waals surface area (Å²) >= 11 is 0. The molecule has 0 N–H and O–H groups in total. The van der Waals surface area contributed by atoms with Crippen LogP contribution < -0.4 is 4.74 Å². The normalized spacial score (nSPS) is 12.2. The van der Waals surface area contributed by atoms with Gasteiger partial charge in [0.25, 0.3) is 0 Å². The van der Waals surface area contributed by atoms with Crippen LogP contribution >= 0.6 is 0 Å². The number of hydrogen-bond donors (Lipinski definition) is 0. The fraction of sp³-hybridized carbons (Fsp3) is 0.579. The van der Waals surface area contributed by atoms with Crippen LogP contribution in [0.25, 0.3) is 6.08 Å². The average Bonchev–Trinajstić information content (AvgIpc) is 2.42. The van der Waals surface area contributed by atoms with Gasteiger partial charge in [0, 0.05) is 0 Å². The third kappa shape index (κ3) is 6.79. The summed E-state index contributed by atoms with van der Waals surface area (Å²) in [6.45, 7) is 10.3. The Morgan fingerprint density at radius 2 is 1.80 bits per heavy atom. The molecule has 0 bridgehead atoms. The first-order valence-electron chi connectivity index (χ1n) is 8.06. The van der Waals surface area contributed by atoms with Gasteiger partial charge in [-0.1, -0.05) is 57.7 Å². The number of aryl methyl sites for hydroxylation is 1. The predicted octanol–water partition coefficient (Wildman–Crippen LogP) is 6.16. The lowest BCUT2D eigenvalue weighted by Crippen LogP contribution is -2.11. The van der Waals surface area contributed by atoms with Gasteiger partial charge in [-0.25, -0.2) is 0 Å². The molecule has 1 nitrogen and oxygen atoms in total. The lowest BCUT2D eigenvalue weighted by Gasteiger charge is -2.15. The molecule has 1 rings (SSSR count). The molecule has 20 heavy (non-hydrogen) atoms. The van der Waals surface area contributed by atoms with E-state index in [0.717, 1.165) is 17.7 Å². The quantitative estimate of drug-likeness (QED) is 0.464. The second-order valence-corrected chi connectivity index (χ2v) is 5.77. The minimum absolute atomic E-state index is 0.292. The van der Waals surface area contributed by atoms with Crippen LogP contribution in [0.1, 0.15) is 69.9 Å². The Bertz CT molecular complexity index is 395. The van der Waals surface area contributed by atoms with Gasteiger partial charge in [-0.3, -0.25) is 0 Å². The third-order valence-electron chi connectivity index (χ3n) is 3.61. The van der Waals surface area contributed by atoms with Gasteiger partial charge in [-0.2, -0.15) is 0 Å². The second kappa shape index (κ2) is 9.63. The Balaban J connectivity index is 2.29. The Labute approximate surface area is 125 Å².